The first kappa shape index (κ1) is 24.1. The fraction of sp³-hybridized carbons (Fsp3) is 0.103. The number of nitrogens with one attached hydrogen (secondary N) is 3. The summed E-state index contributed by atoms with van der Waals surface area (Å²) in [4.78, 5) is 45.2. The van der Waals surface area contributed by atoms with Crippen molar-refractivity contribution < 1.29 is 14.4 Å². The van der Waals surface area contributed by atoms with Gasteiger partial charge in [0.15, 0.2) is 5.78 Å². The number of carbonyl (C=O) groups excluding carboxylic acids is 3. The van der Waals surface area contributed by atoms with Crippen LogP contribution in [0, 0.1) is 6.92 Å². The standard InChI is InChI=1S/C29H24N4O3S/c1-18-9-7-12-20(17-18)30-29(36)33-27-28(35)31-22-14-6-5-13-21(22)25(32-27)24(19-10-3-2-4-11-19)26(34)23-15-8-16-37-23/h2-17,24,27H,1H3,(H,31,35)(H2,30,33,36). The summed E-state index contributed by atoms with van der Waals surface area (Å²) >= 11 is 1.35. The van der Waals surface area contributed by atoms with E-state index in [0.717, 1.165) is 11.1 Å². The van der Waals surface area contributed by atoms with Gasteiger partial charge in [-0.25, -0.2) is 4.79 Å². The van der Waals surface area contributed by atoms with Crippen LogP contribution in [0.15, 0.2) is 101 Å². The van der Waals surface area contributed by atoms with Gasteiger partial charge in [-0.3, -0.25) is 14.6 Å². The molecule has 2 atom stereocenters. The fourth-order valence-electron chi connectivity index (χ4n) is 4.27. The Morgan fingerprint density at radius 2 is 1.73 bits per heavy atom. The smallest absolute Gasteiger partial charge is 0.321 e. The average Bonchev–Trinajstić information content (AvgIpc) is 3.40. The summed E-state index contributed by atoms with van der Waals surface area (Å²) < 4.78 is 0. The second-order valence-electron chi connectivity index (χ2n) is 8.60. The number of benzodiazepines with no additional fused rings is 1. The molecular weight excluding hydrogens is 484 g/mol. The first-order chi connectivity index (χ1) is 18.0. The topological polar surface area (TPSA) is 99.7 Å². The number of amides is 3. The van der Waals surface area contributed by atoms with Crippen LogP contribution in [0.2, 0.25) is 0 Å². The molecule has 3 amide bonds. The minimum Gasteiger partial charge on any atom is -0.322 e. The highest BCUT2D eigenvalue weighted by atomic mass is 32.1. The van der Waals surface area contributed by atoms with Crippen LogP contribution in [0.3, 0.4) is 0 Å². The lowest BCUT2D eigenvalue weighted by Gasteiger charge is -2.20. The molecule has 3 aromatic carbocycles. The molecule has 3 N–H and O–H groups in total. The van der Waals surface area contributed by atoms with Crippen molar-refractivity contribution in [3.8, 4) is 0 Å². The number of hydrogen-bond acceptors (Lipinski definition) is 5. The van der Waals surface area contributed by atoms with Crippen LogP contribution in [0.1, 0.15) is 32.3 Å². The molecule has 1 aliphatic rings. The second kappa shape index (κ2) is 10.6. The van der Waals surface area contributed by atoms with Crippen LogP contribution in [0.5, 0.6) is 0 Å². The monoisotopic (exact) mass is 508 g/mol. The Labute approximate surface area is 218 Å². The van der Waals surface area contributed by atoms with E-state index in [1.165, 1.54) is 11.3 Å². The number of nitrogens with zero attached hydrogens (tertiary/aromatic N) is 1. The molecule has 1 aromatic heterocycles. The fourth-order valence-corrected chi connectivity index (χ4v) is 4.96. The molecule has 0 radical (unpaired) electrons. The third-order valence-corrected chi connectivity index (χ3v) is 6.84. The Morgan fingerprint density at radius 3 is 2.49 bits per heavy atom. The molecule has 1 aliphatic heterocycles. The second-order valence-corrected chi connectivity index (χ2v) is 9.55. The van der Waals surface area contributed by atoms with Crippen molar-refractivity contribution in [2.45, 2.75) is 19.0 Å². The number of urea groups is 1. The van der Waals surface area contributed by atoms with Crippen LogP contribution >= 0.6 is 11.3 Å². The molecule has 0 saturated carbocycles. The molecule has 0 bridgehead atoms. The molecule has 37 heavy (non-hydrogen) atoms. The number of ketones is 1. The van der Waals surface area contributed by atoms with Gasteiger partial charge in [-0.1, -0.05) is 66.7 Å². The van der Waals surface area contributed by atoms with Gasteiger partial charge in [0.25, 0.3) is 5.91 Å². The zero-order valence-corrected chi connectivity index (χ0v) is 20.8. The molecule has 7 nitrogen and oxygen atoms in total. The van der Waals surface area contributed by atoms with Gasteiger partial charge in [0, 0.05) is 16.9 Å². The molecule has 0 spiro atoms. The molecule has 2 heterocycles. The van der Waals surface area contributed by atoms with Gasteiger partial charge in [-0.05, 0) is 47.7 Å². The van der Waals surface area contributed by atoms with Crippen LogP contribution in [0.4, 0.5) is 16.2 Å². The van der Waals surface area contributed by atoms with E-state index in [1.54, 1.807) is 24.3 Å². The number of aliphatic imine (C=N–C) groups is 1. The van der Waals surface area contributed by atoms with E-state index in [2.05, 4.69) is 16.0 Å². The number of rotatable bonds is 6. The van der Waals surface area contributed by atoms with Gasteiger partial charge in [0.05, 0.1) is 16.5 Å². The van der Waals surface area contributed by atoms with Crippen molar-refractivity contribution in [3.05, 3.63) is 118 Å². The molecule has 2 unspecified atom stereocenters. The highest BCUT2D eigenvalue weighted by Gasteiger charge is 2.34. The zero-order chi connectivity index (χ0) is 25.8. The Hall–Kier alpha value is -4.56. The summed E-state index contributed by atoms with van der Waals surface area (Å²) in [6, 6.07) is 26.9. The van der Waals surface area contributed by atoms with Crippen LogP contribution in [-0.2, 0) is 4.79 Å². The van der Waals surface area contributed by atoms with Crippen molar-refractivity contribution >= 4 is 46.1 Å². The van der Waals surface area contributed by atoms with E-state index in [4.69, 9.17) is 4.99 Å². The lowest BCUT2D eigenvalue weighted by Crippen LogP contribution is -2.44. The molecule has 8 heteroatoms. The van der Waals surface area contributed by atoms with Gasteiger partial charge in [0.1, 0.15) is 0 Å². The summed E-state index contributed by atoms with van der Waals surface area (Å²) in [5, 5.41) is 10.1. The number of anilines is 2. The number of aryl methyl sites for hydroxylation is 1. The molecule has 0 saturated heterocycles. The van der Waals surface area contributed by atoms with E-state index in [1.807, 2.05) is 79.0 Å². The van der Waals surface area contributed by atoms with E-state index in [0.29, 0.717) is 27.5 Å². The van der Waals surface area contributed by atoms with Crippen molar-refractivity contribution in [2.24, 2.45) is 4.99 Å². The van der Waals surface area contributed by atoms with Crippen molar-refractivity contribution in [1.29, 1.82) is 0 Å². The number of fused-ring (bicyclic) bond motifs is 1. The van der Waals surface area contributed by atoms with Crippen molar-refractivity contribution in [3.63, 3.8) is 0 Å². The third kappa shape index (κ3) is 5.34. The Morgan fingerprint density at radius 1 is 0.946 bits per heavy atom. The Bertz CT molecular complexity index is 1480. The summed E-state index contributed by atoms with van der Waals surface area (Å²) in [5.74, 6) is -1.41. The summed E-state index contributed by atoms with van der Waals surface area (Å²) in [7, 11) is 0. The summed E-state index contributed by atoms with van der Waals surface area (Å²) in [6.07, 6.45) is -1.26. The van der Waals surface area contributed by atoms with E-state index in [-0.39, 0.29) is 5.78 Å². The molecule has 0 fully saturated rings. The van der Waals surface area contributed by atoms with Gasteiger partial charge in [-0.15, -0.1) is 11.3 Å². The largest absolute Gasteiger partial charge is 0.322 e. The number of para-hydroxylation sites is 1. The number of benzene rings is 3. The number of thiophene rings is 1. The SMILES string of the molecule is Cc1cccc(NC(=O)NC2N=C(C(C(=O)c3cccs3)c3ccccc3)c3ccccc3NC2=O)c1. The van der Waals surface area contributed by atoms with Crippen molar-refractivity contribution in [2.75, 3.05) is 10.6 Å². The van der Waals surface area contributed by atoms with Crippen LogP contribution < -0.4 is 16.0 Å². The predicted octanol–water partition coefficient (Wildman–Crippen LogP) is 5.61. The number of carbonyl (C=O) groups is 3. The van der Waals surface area contributed by atoms with Gasteiger partial charge >= 0.3 is 6.03 Å². The highest BCUT2D eigenvalue weighted by Crippen LogP contribution is 2.32. The average molecular weight is 509 g/mol. The quantitative estimate of drug-likeness (QED) is 0.295. The summed E-state index contributed by atoms with van der Waals surface area (Å²) in [5.41, 5.74) is 3.87. The number of Topliss-reactive ketones (excluding diaryl/α,β-unsaturated/α-hetero) is 1. The molecule has 184 valence electrons. The molecular formula is C29H24N4O3S. The van der Waals surface area contributed by atoms with Crippen LogP contribution in [-0.4, -0.2) is 29.6 Å². The normalized spacial score (nSPS) is 15.4. The van der Waals surface area contributed by atoms with Gasteiger partial charge in [-0.2, -0.15) is 0 Å². The maximum atomic E-state index is 13.8. The highest BCUT2D eigenvalue weighted by molar-refractivity contribution is 7.12. The van der Waals surface area contributed by atoms with E-state index >= 15 is 0 Å². The van der Waals surface area contributed by atoms with E-state index < -0.39 is 24.0 Å². The first-order valence-electron chi connectivity index (χ1n) is 11.7. The summed E-state index contributed by atoms with van der Waals surface area (Å²) in [6.45, 7) is 1.92. The predicted molar refractivity (Wildman–Crippen MR) is 147 cm³/mol. The molecule has 5 rings (SSSR count). The number of hydrogen-bond donors (Lipinski definition) is 3. The molecule has 0 aliphatic carbocycles. The zero-order valence-electron chi connectivity index (χ0n) is 20.0. The lowest BCUT2D eigenvalue weighted by atomic mass is 9.85. The Balaban J connectivity index is 1.57. The first-order valence-corrected chi connectivity index (χ1v) is 12.6. The Kier molecular flexibility index (Phi) is 6.91. The van der Waals surface area contributed by atoms with Gasteiger partial charge in [0.2, 0.25) is 6.17 Å². The third-order valence-electron chi connectivity index (χ3n) is 5.95. The minimum absolute atomic E-state index is 0.132. The van der Waals surface area contributed by atoms with Crippen molar-refractivity contribution in [1.82, 2.24) is 5.32 Å². The van der Waals surface area contributed by atoms with Gasteiger partial charge < -0.3 is 16.0 Å². The maximum Gasteiger partial charge on any atom is 0.321 e. The molecule has 4 aromatic rings. The lowest BCUT2D eigenvalue weighted by molar-refractivity contribution is -0.117. The van der Waals surface area contributed by atoms with E-state index in [9.17, 15) is 14.4 Å². The maximum absolute atomic E-state index is 13.8. The minimum atomic E-state index is -1.26. The van der Waals surface area contributed by atoms with Crippen LogP contribution in [0.25, 0.3) is 0 Å².